The molecule has 1 aromatic rings. The lowest BCUT2D eigenvalue weighted by Gasteiger charge is -2.39. The zero-order valence-corrected chi connectivity index (χ0v) is 11.3. The fraction of sp³-hybridized carbons (Fsp3) is 0.533. The molecule has 2 aliphatic rings. The van der Waals surface area contributed by atoms with Crippen LogP contribution in [0.2, 0.25) is 0 Å². The molecule has 4 nitrogen and oxygen atoms in total. The Morgan fingerprint density at radius 2 is 2.32 bits per heavy atom. The third kappa shape index (κ3) is 2.45. The number of hydrogen-bond donors (Lipinski definition) is 2. The number of fused-ring (bicyclic) bond motifs is 1. The summed E-state index contributed by atoms with van der Waals surface area (Å²) in [4.78, 5) is 12.1. The van der Waals surface area contributed by atoms with E-state index in [1.54, 1.807) is 7.11 Å². The van der Waals surface area contributed by atoms with Gasteiger partial charge in [0.05, 0.1) is 12.0 Å². The van der Waals surface area contributed by atoms with Gasteiger partial charge >= 0.3 is 0 Å². The van der Waals surface area contributed by atoms with E-state index in [2.05, 4.69) is 16.7 Å². The van der Waals surface area contributed by atoms with Gasteiger partial charge in [-0.25, -0.2) is 0 Å². The van der Waals surface area contributed by atoms with E-state index in [4.69, 9.17) is 4.74 Å². The van der Waals surface area contributed by atoms with Gasteiger partial charge in [-0.1, -0.05) is 0 Å². The molecule has 1 saturated carbocycles. The number of rotatable bonds is 4. The van der Waals surface area contributed by atoms with E-state index in [0.717, 1.165) is 37.9 Å². The largest absolute Gasteiger partial charge is 0.384 e. The predicted octanol–water partition coefficient (Wildman–Crippen LogP) is 2.55. The molecule has 4 heteroatoms. The highest BCUT2D eigenvalue weighted by atomic mass is 16.5. The Bertz CT molecular complexity index is 489. The van der Waals surface area contributed by atoms with Crippen molar-refractivity contribution in [3.63, 3.8) is 0 Å². The van der Waals surface area contributed by atoms with Crippen LogP contribution in [-0.4, -0.2) is 25.2 Å². The van der Waals surface area contributed by atoms with Gasteiger partial charge in [0.25, 0.3) is 0 Å². The van der Waals surface area contributed by atoms with Gasteiger partial charge < -0.3 is 15.4 Å². The molecular weight excluding hydrogens is 240 g/mol. The van der Waals surface area contributed by atoms with E-state index in [-0.39, 0.29) is 11.5 Å². The van der Waals surface area contributed by atoms with E-state index in [9.17, 15) is 4.79 Å². The maximum absolute atomic E-state index is 12.1. The van der Waals surface area contributed by atoms with Crippen LogP contribution < -0.4 is 10.6 Å². The number of carbonyl (C=O) groups excluding carboxylic acids is 1. The summed E-state index contributed by atoms with van der Waals surface area (Å²) in [7, 11) is 1.70. The van der Waals surface area contributed by atoms with Crippen molar-refractivity contribution in [2.24, 2.45) is 0 Å². The monoisotopic (exact) mass is 260 g/mol. The van der Waals surface area contributed by atoms with Crippen molar-refractivity contribution >= 4 is 17.3 Å². The molecule has 0 radical (unpaired) electrons. The minimum atomic E-state index is -0.206. The van der Waals surface area contributed by atoms with E-state index in [1.165, 1.54) is 11.3 Å². The summed E-state index contributed by atoms with van der Waals surface area (Å²) >= 11 is 0. The lowest BCUT2D eigenvalue weighted by molar-refractivity contribution is -0.129. The molecule has 0 atom stereocenters. The molecule has 2 N–H and O–H groups in total. The molecule has 3 rings (SSSR count). The maximum atomic E-state index is 12.1. The van der Waals surface area contributed by atoms with Crippen LogP contribution in [0.15, 0.2) is 18.2 Å². The molecular formula is C15H20N2O2. The molecule has 0 bridgehead atoms. The third-order valence-corrected chi connectivity index (χ3v) is 4.28. The van der Waals surface area contributed by atoms with Crippen LogP contribution in [0.1, 0.15) is 31.2 Å². The Morgan fingerprint density at radius 1 is 1.47 bits per heavy atom. The number of benzene rings is 1. The standard InChI is InChI=1S/C15H20N2O2/c1-19-15(6-2-7-15)10-14(18)17-12-3-4-13-11(9-12)5-8-16-13/h3-4,9,16H,2,5-8,10H2,1H3,(H,17,18). The zero-order chi connectivity index (χ0) is 13.3. The van der Waals surface area contributed by atoms with Crippen LogP contribution in [0.3, 0.4) is 0 Å². The van der Waals surface area contributed by atoms with E-state index >= 15 is 0 Å². The first-order valence-corrected chi connectivity index (χ1v) is 6.93. The predicted molar refractivity (Wildman–Crippen MR) is 75.5 cm³/mol. The Hall–Kier alpha value is -1.55. The summed E-state index contributed by atoms with van der Waals surface area (Å²) in [5.74, 6) is 0.0486. The van der Waals surface area contributed by atoms with Crippen molar-refractivity contribution in [3.05, 3.63) is 23.8 Å². The van der Waals surface area contributed by atoms with E-state index in [0.29, 0.717) is 6.42 Å². The number of hydrogen-bond acceptors (Lipinski definition) is 3. The second-order valence-corrected chi connectivity index (χ2v) is 5.51. The van der Waals surface area contributed by atoms with Gasteiger partial charge in [0.2, 0.25) is 5.91 Å². The van der Waals surface area contributed by atoms with Gasteiger partial charge in [0, 0.05) is 25.0 Å². The molecule has 0 unspecified atom stereocenters. The first-order chi connectivity index (χ1) is 9.21. The molecule has 1 aliphatic carbocycles. The molecule has 1 fully saturated rings. The number of methoxy groups -OCH3 is 1. The van der Waals surface area contributed by atoms with Gasteiger partial charge in [-0.3, -0.25) is 4.79 Å². The average molecular weight is 260 g/mol. The first-order valence-electron chi connectivity index (χ1n) is 6.93. The number of carbonyl (C=O) groups is 1. The van der Waals surface area contributed by atoms with E-state index in [1.807, 2.05) is 12.1 Å². The minimum Gasteiger partial charge on any atom is -0.384 e. The Balaban J connectivity index is 1.63. The Kier molecular flexibility index (Phi) is 3.19. The van der Waals surface area contributed by atoms with Crippen molar-refractivity contribution in [1.29, 1.82) is 0 Å². The number of anilines is 2. The van der Waals surface area contributed by atoms with Crippen molar-refractivity contribution < 1.29 is 9.53 Å². The average Bonchev–Trinajstić information content (AvgIpc) is 2.81. The van der Waals surface area contributed by atoms with Gasteiger partial charge in [0.15, 0.2) is 0 Å². The lowest BCUT2D eigenvalue weighted by Crippen LogP contribution is -2.42. The lowest BCUT2D eigenvalue weighted by atomic mass is 9.77. The Labute approximate surface area is 113 Å². The minimum absolute atomic E-state index is 0.0486. The highest BCUT2D eigenvalue weighted by Crippen LogP contribution is 2.38. The van der Waals surface area contributed by atoms with Crippen LogP contribution in [0.4, 0.5) is 11.4 Å². The van der Waals surface area contributed by atoms with Crippen LogP contribution >= 0.6 is 0 Å². The summed E-state index contributed by atoms with van der Waals surface area (Å²) in [6.45, 7) is 0.986. The summed E-state index contributed by atoms with van der Waals surface area (Å²) in [5, 5.41) is 6.30. The van der Waals surface area contributed by atoms with Crippen LogP contribution in [0.5, 0.6) is 0 Å². The summed E-state index contributed by atoms with van der Waals surface area (Å²) in [5.41, 5.74) is 3.15. The van der Waals surface area contributed by atoms with Crippen LogP contribution in [0.25, 0.3) is 0 Å². The van der Waals surface area contributed by atoms with Gasteiger partial charge in [-0.2, -0.15) is 0 Å². The normalized spacial score (nSPS) is 19.2. The summed E-state index contributed by atoms with van der Waals surface area (Å²) in [6.07, 6.45) is 4.63. The molecule has 19 heavy (non-hydrogen) atoms. The van der Waals surface area contributed by atoms with Gasteiger partial charge in [-0.15, -0.1) is 0 Å². The zero-order valence-electron chi connectivity index (χ0n) is 11.3. The molecule has 1 heterocycles. The molecule has 1 aliphatic heterocycles. The topological polar surface area (TPSA) is 50.4 Å². The van der Waals surface area contributed by atoms with Gasteiger partial charge in [-0.05, 0) is 49.4 Å². The van der Waals surface area contributed by atoms with Crippen molar-refractivity contribution in [2.75, 3.05) is 24.3 Å². The van der Waals surface area contributed by atoms with Crippen molar-refractivity contribution in [3.8, 4) is 0 Å². The fourth-order valence-corrected chi connectivity index (χ4v) is 2.90. The summed E-state index contributed by atoms with van der Waals surface area (Å²) in [6, 6.07) is 6.05. The molecule has 0 spiro atoms. The van der Waals surface area contributed by atoms with Crippen molar-refractivity contribution in [1.82, 2.24) is 0 Å². The molecule has 0 saturated heterocycles. The highest BCUT2D eigenvalue weighted by molar-refractivity contribution is 5.92. The fourth-order valence-electron chi connectivity index (χ4n) is 2.90. The SMILES string of the molecule is COC1(CC(=O)Nc2ccc3c(c2)CCN3)CCC1. The highest BCUT2D eigenvalue weighted by Gasteiger charge is 2.38. The molecule has 0 aromatic heterocycles. The number of amides is 1. The number of ether oxygens (including phenoxy) is 1. The first kappa shape index (κ1) is 12.5. The smallest absolute Gasteiger partial charge is 0.227 e. The van der Waals surface area contributed by atoms with E-state index < -0.39 is 0 Å². The maximum Gasteiger partial charge on any atom is 0.227 e. The number of nitrogens with one attached hydrogen (secondary N) is 2. The second kappa shape index (κ2) is 4.85. The molecule has 1 amide bonds. The quantitative estimate of drug-likeness (QED) is 0.874. The Morgan fingerprint density at radius 3 is 3.00 bits per heavy atom. The van der Waals surface area contributed by atoms with Crippen LogP contribution in [-0.2, 0) is 16.0 Å². The van der Waals surface area contributed by atoms with Crippen LogP contribution in [0, 0.1) is 0 Å². The van der Waals surface area contributed by atoms with Gasteiger partial charge in [0.1, 0.15) is 0 Å². The molecule has 1 aromatic carbocycles. The second-order valence-electron chi connectivity index (χ2n) is 5.51. The molecule has 102 valence electrons. The third-order valence-electron chi connectivity index (χ3n) is 4.28. The van der Waals surface area contributed by atoms with Crippen molar-refractivity contribution in [2.45, 2.75) is 37.7 Å². The summed E-state index contributed by atoms with van der Waals surface area (Å²) < 4.78 is 5.49.